The normalized spacial score (nSPS) is 16.8. The molecule has 0 unspecified atom stereocenters. The molecule has 0 radical (unpaired) electrons. The first-order valence-corrected chi connectivity index (χ1v) is 19.5. The third kappa shape index (κ3) is 6.87. The number of aromatic carboxylic acids is 1. The van der Waals surface area contributed by atoms with Gasteiger partial charge in [-0.3, -0.25) is 19.3 Å². The second-order valence-electron chi connectivity index (χ2n) is 15.6. The Bertz CT molecular complexity index is 1940. The van der Waals surface area contributed by atoms with Crippen LogP contribution in [0.4, 0.5) is 5.69 Å². The van der Waals surface area contributed by atoms with E-state index in [0.29, 0.717) is 17.5 Å². The number of fused-ring (bicyclic) bond motifs is 2. The van der Waals surface area contributed by atoms with E-state index in [1.807, 2.05) is 55.9 Å². The Morgan fingerprint density at radius 2 is 1.57 bits per heavy atom. The number of nitrogens with zero attached hydrogens (tertiary/aromatic N) is 3. The Balaban J connectivity index is 1.59. The number of hydrogen-bond donors (Lipinski definition) is 2. The number of carboxylic acid groups (broad SMARTS) is 1. The predicted octanol–water partition coefficient (Wildman–Crippen LogP) is 4.78. The summed E-state index contributed by atoms with van der Waals surface area (Å²) >= 11 is 0. The third-order valence-corrected chi connectivity index (χ3v) is 13.1. The van der Waals surface area contributed by atoms with E-state index in [1.165, 1.54) is 33.5 Å². The van der Waals surface area contributed by atoms with Gasteiger partial charge < -0.3 is 15.3 Å². The van der Waals surface area contributed by atoms with Crippen LogP contribution in [0.3, 0.4) is 0 Å². The minimum Gasteiger partial charge on any atom is -0.478 e. The van der Waals surface area contributed by atoms with Crippen LogP contribution < -0.4 is 15.4 Å². The first-order valence-electron chi connectivity index (χ1n) is 16.5. The number of anilines is 1. The predicted molar refractivity (Wildman–Crippen MR) is 197 cm³/mol. The van der Waals surface area contributed by atoms with E-state index < -0.39 is 25.0 Å². The van der Waals surface area contributed by atoms with Gasteiger partial charge in [-0.25, -0.2) is 9.37 Å². The maximum Gasteiger partial charge on any atom is 0.336 e. The van der Waals surface area contributed by atoms with Crippen LogP contribution in [-0.4, -0.2) is 92.3 Å². The summed E-state index contributed by atoms with van der Waals surface area (Å²) in [4.78, 5) is 54.4. The molecular weight excluding hydrogens is 633 g/mol. The average Bonchev–Trinajstić information content (AvgIpc) is 3.31. The molecule has 3 amide bonds. The zero-order chi connectivity index (χ0) is 36.2. The number of nitrogens with one attached hydrogen (secondary N) is 1. The molecule has 256 valence electrons. The maximum absolute atomic E-state index is 13.9. The van der Waals surface area contributed by atoms with Gasteiger partial charge in [0.15, 0.2) is 5.71 Å². The minimum atomic E-state index is -2.27. The lowest BCUT2D eigenvalue weighted by molar-refractivity contribution is -0.462. The van der Waals surface area contributed by atoms with E-state index in [2.05, 4.69) is 64.3 Å². The van der Waals surface area contributed by atoms with Gasteiger partial charge in [-0.1, -0.05) is 33.0 Å². The molecule has 2 aromatic rings. The number of allylic oxidation sites excluding steroid dienone is 5. The van der Waals surface area contributed by atoms with Gasteiger partial charge in [0.1, 0.15) is 22.2 Å². The van der Waals surface area contributed by atoms with Crippen LogP contribution in [0.2, 0.25) is 13.1 Å². The fourth-order valence-electron chi connectivity index (χ4n) is 7.44. The molecule has 2 aromatic carbocycles. The van der Waals surface area contributed by atoms with Crippen molar-refractivity contribution in [1.29, 1.82) is 0 Å². The van der Waals surface area contributed by atoms with Crippen molar-refractivity contribution < 1.29 is 28.9 Å². The maximum atomic E-state index is 13.9. The Hall–Kier alpha value is -4.83. The van der Waals surface area contributed by atoms with Gasteiger partial charge in [-0.15, -0.1) is 0 Å². The van der Waals surface area contributed by atoms with Gasteiger partial charge in [0.05, 0.1) is 5.56 Å². The highest BCUT2D eigenvalue weighted by Gasteiger charge is 2.41. The molecule has 2 aliphatic heterocycles. The summed E-state index contributed by atoms with van der Waals surface area (Å²) in [6.07, 6.45) is 9.40. The molecular formula is C39H47N4O5Si+. The molecule has 10 heteroatoms. The van der Waals surface area contributed by atoms with E-state index in [-0.39, 0.29) is 29.8 Å². The molecule has 0 saturated heterocycles. The lowest BCUT2D eigenvalue weighted by atomic mass is 9.79. The van der Waals surface area contributed by atoms with Crippen molar-refractivity contribution >= 4 is 53.9 Å². The average molecular weight is 680 g/mol. The fourth-order valence-corrected chi connectivity index (χ4v) is 10.5. The second kappa shape index (κ2) is 12.6. The molecule has 0 aromatic heterocycles. The summed E-state index contributed by atoms with van der Waals surface area (Å²) in [6, 6.07) is 11.2. The quantitative estimate of drug-likeness (QED) is 0.224. The van der Waals surface area contributed by atoms with Crippen molar-refractivity contribution in [2.24, 2.45) is 5.41 Å². The number of imide groups is 1. The smallest absolute Gasteiger partial charge is 0.336 e. The number of benzene rings is 2. The molecule has 9 nitrogen and oxygen atoms in total. The zero-order valence-corrected chi connectivity index (χ0v) is 31.2. The van der Waals surface area contributed by atoms with Crippen LogP contribution in [0, 0.1) is 5.41 Å². The number of amides is 3. The van der Waals surface area contributed by atoms with E-state index in [4.69, 9.17) is 0 Å². The van der Waals surface area contributed by atoms with Crippen molar-refractivity contribution in [3.63, 3.8) is 0 Å². The Morgan fingerprint density at radius 3 is 2.16 bits per heavy atom. The summed E-state index contributed by atoms with van der Waals surface area (Å²) in [5.41, 5.74) is 4.63. The monoisotopic (exact) mass is 679 g/mol. The minimum absolute atomic E-state index is 0.118. The molecule has 2 heterocycles. The van der Waals surface area contributed by atoms with E-state index >= 15 is 0 Å². The molecule has 5 rings (SSSR count). The lowest BCUT2D eigenvalue weighted by Crippen LogP contribution is -2.50. The lowest BCUT2D eigenvalue weighted by Gasteiger charge is -2.38. The summed E-state index contributed by atoms with van der Waals surface area (Å²) in [6.45, 7) is 12.6. The number of hydrogen-bond acceptors (Lipinski definition) is 5. The van der Waals surface area contributed by atoms with Crippen LogP contribution in [-0.2, 0) is 9.59 Å². The van der Waals surface area contributed by atoms with Gasteiger partial charge in [-0.05, 0) is 94.7 Å². The molecule has 0 saturated carbocycles. The van der Waals surface area contributed by atoms with Crippen molar-refractivity contribution in [2.75, 3.05) is 39.6 Å². The number of rotatable bonds is 9. The van der Waals surface area contributed by atoms with Gasteiger partial charge in [0.25, 0.3) is 17.7 Å². The molecule has 0 fully saturated rings. The Morgan fingerprint density at radius 1 is 0.918 bits per heavy atom. The number of carboxylic acids is 1. The van der Waals surface area contributed by atoms with E-state index in [0.717, 1.165) is 28.1 Å². The van der Waals surface area contributed by atoms with Crippen LogP contribution in [0.5, 0.6) is 0 Å². The summed E-state index contributed by atoms with van der Waals surface area (Å²) < 4.78 is 2.07. The fraction of sp³-hybridized carbons (Fsp3) is 0.359. The molecule has 49 heavy (non-hydrogen) atoms. The van der Waals surface area contributed by atoms with Crippen molar-refractivity contribution in [3.05, 3.63) is 99.8 Å². The van der Waals surface area contributed by atoms with Crippen LogP contribution in [0.1, 0.15) is 66.0 Å². The molecule has 0 bridgehead atoms. The summed E-state index contributed by atoms with van der Waals surface area (Å²) in [7, 11) is 5.78. The van der Waals surface area contributed by atoms with Crippen LogP contribution >= 0.6 is 0 Å². The zero-order valence-electron chi connectivity index (χ0n) is 30.2. The van der Waals surface area contributed by atoms with Crippen LogP contribution in [0.25, 0.3) is 5.57 Å². The van der Waals surface area contributed by atoms with Crippen molar-refractivity contribution in [1.82, 2.24) is 10.2 Å². The van der Waals surface area contributed by atoms with Crippen molar-refractivity contribution in [2.45, 2.75) is 52.7 Å². The standard InChI is InChI=1S/C39H46N4O5Si/c1-38(2,23-43-33(44)17-18-34(43)45)22-39(3,4)40-36(46)24-11-14-27(37(47)48)30(19-24)35-28-15-12-25(41(5)6)20-31(28)49(9,10)32-21-26(42(7)8)13-16-29(32)35/h11-21H,22-23H2,1-10H3,(H-,40,46,47,48)/p+1. The molecule has 0 atom stereocenters. The highest BCUT2D eigenvalue weighted by molar-refractivity contribution is 6.98. The summed E-state index contributed by atoms with van der Waals surface area (Å²) in [5, 5.41) is 16.0. The Labute approximate surface area is 290 Å². The highest BCUT2D eigenvalue weighted by atomic mass is 28.3. The van der Waals surface area contributed by atoms with Crippen LogP contribution in [0.15, 0.2) is 77.5 Å². The SMILES string of the molecule is CN(C)c1ccc2c(c1)[Si](C)(C)C1=CC(=[N+](C)C)C=CC1=C2c1cc(C(=O)NC(C)(C)CC(C)(C)CN2C(=O)C=CC2=O)ccc1C(=O)O. The third-order valence-electron chi connectivity index (χ3n) is 9.57. The van der Waals surface area contributed by atoms with Gasteiger partial charge >= 0.3 is 5.97 Å². The molecule has 2 N–H and O–H groups in total. The molecule has 1 aliphatic carbocycles. The van der Waals surface area contributed by atoms with Crippen molar-refractivity contribution in [3.8, 4) is 0 Å². The Kier molecular flexibility index (Phi) is 9.09. The largest absolute Gasteiger partial charge is 0.478 e. The van der Waals surface area contributed by atoms with E-state index in [9.17, 15) is 24.3 Å². The second-order valence-corrected chi connectivity index (χ2v) is 19.9. The van der Waals surface area contributed by atoms with E-state index in [1.54, 1.807) is 12.1 Å². The molecule has 0 spiro atoms. The summed E-state index contributed by atoms with van der Waals surface area (Å²) in [5.74, 6) is -2.09. The highest BCUT2D eigenvalue weighted by Crippen LogP contribution is 2.43. The van der Waals surface area contributed by atoms with Gasteiger partial charge in [0, 0.05) is 61.7 Å². The first kappa shape index (κ1) is 35.5. The molecule has 3 aliphatic rings. The van der Waals surface area contributed by atoms with Gasteiger partial charge in [-0.2, -0.15) is 0 Å². The number of carbonyl (C=O) groups excluding carboxylic acids is 3. The number of carbonyl (C=O) groups is 4. The topological polar surface area (TPSA) is 110 Å². The van der Waals surface area contributed by atoms with Gasteiger partial charge in [0.2, 0.25) is 0 Å². The first-order chi connectivity index (χ1) is 22.7.